The van der Waals surface area contributed by atoms with E-state index in [4.69, 9.17) is 0 Å². The second-order valence-electron chi connectivity index (χ2n) is 2.15. The molecule has 48 valence electrons. The molecule has 0 rings (SSSR count). The van der Waals surface area contributed by atoms with Crippen molar-refractivity contribution < 1.29 is 4.39 Å². The minimum atomic E-state index is 0.00694. The molecular formula is C7H13F. The van der Waals surface area contributed by atoms with E-state index in [0.717, 1.165) is 6.42 Å². The predicted molar refractivity (Wildman–Crippen MR) is 34.3 cm³/mol. The lowest BCUT2D eigenvalue weighted by Gasteiger charge is -1.97. The van der Waals surface area contributed by atoms with Gasteiger partial charge in [0.2, 0.25) is 0 Å². The van der Waals surface area contributed by atoms with Crippen molar-refractivity contribution in [3.63, 3.8) is 0 Å². The summed E-state index contributed by atoms with van der Waals surface area (Å²) in [6.45, 7) is 5.63. The van der Waals surface area contributed by atoms with Crippen LogP contribution in [-0.4, -0.2) is 0 Å². The van der Waals surface area contributed by atoms with Crippen LogP contribution in [-0.2, 0) is 0 Å². The summed E-state index contributed by atoms with van der Waals surface area (Å²) in [6.07, 6.45) is 2.41. The second kappa shape index (κ2) is 3.65. The molecule has 0 amide bonds. The largest absolute Gasteiger partial charge is 0.212 e. The van der Waals surface area contributed by atoms with Crippen LogP contribution in [0.25, 0.3) is 0 Å². The molecule has 0 nitrogen and oxygen atoms in total. The van der Waals surface area contributed by atoms with Crippen LogP contribution >= 0.6 is 0 Å². The van der Waals surface area contributed by atoms with Crippen molar-refractivity contribution in [1.82, 2.24) is 0 Å². The van der Waals surface area contributed by atoms with Gasteiger partial charge in [0.25, 0.3) is 0 Å². The van der Waals surface area contributed by atoms with E-state index in [0.29, 0.717) is 0 Å². The third kappa shape index (κ3) is 2.78. The van der Waals surface area contributed by atoms with E-state index in [1.54, 1.807) is 6.08 Å². The summed E-state index contributed by atoms with van der Waals surface area (Å²) in [5.41, 5.74) is 0. The Morgan fingerprint density at radius 2 is 2.12 bits per heavy atom. The van der Waals surface area contributed by atoms with Gasteiger partial charge in [0, 0.05) is 5.92 Å². The third-order valence-corrected chi connectivity index (χ3v) is 0.951. The van der Waals surface area contributed by atoms with Crippen molar-refractivity contribution in [3.05, 3.63) is 11.9 Å². The van der Waals surface area contributed by atoms with Crippen LogP contribution in [0.3, 0.4) is 0 Å². The molecule has 0 N–H and O–H groups in total. The lowest BCUT2D eigenvalue weighted by Crippen LogP contribution is -1.85. The van der Waals surface area contributed by atoms with Crippen molar-refractivity contribution in [2.24, 2.45) is 5.92 Å². The van der Waals surface area contributed by atoms with Crippen LogP contribution in [0.2, 0.25) is 0 Å². The Kier molecular flexibility index (Phi) is 3.49. The van der Waals surface area contributed by atoms with Crippen molar-refractivity contribution in [2.75, 3.05) is 0 Å². The first-order valence-corrected chi connectivity index (χ1v) is 3.04. The molecule has 0 aromatic heterocycles. The molecule has 0 aliphatic carbocycles. The molecule has 0 saturated heterocycles. The van der Waals surface area contributed by atoms with Gasteiger partial charge in [-0.2, -0.15) is 0 Å². The van der Waals surface area contributed by atoms with Gasteiger partial charge in [0.15, 0.2) is 0 Å². The summed E-state index contributed by atoms with van der Waals surface area (Å²) in [4.78, 5) is 0. The predicted octanol–water partition coefficient (Wildman–Crippen LogP) is 2.91. The fourth-order valence-electron chi connectivity index (χ4n) is 0.431. The maximum absolute atomic E-state index is 12.4. The summed E-state index contributed by atoms with van der Waals surface area (Å²) in [5.74, 6) is 0.0717. The quantitative estimate of drug-likeness (QED) is 0.520. The van der Waals surface area contributed by atoms with Gasteiger partial charge < -0.3 is 0 Å². The van der Waals surface area contributed by atoms with Crippen LogP contribution in [0.1, 0.15) is 27.2 Å². The van der Waals surface area contributed by atoms with Crippen molar-refractivity contribution in [1.29, 1.82) is 0 Å². The monoisotopic (exact) mass is 116 g/mol. The molecule has 8 heavy (non-hydrogen) atoms. The molecule has 0 radical (unpaired) electrons. The van der Waals surface area contributed by atoms with E-state index in [2.05, 4.69) is 0 Å². The van der Waals surface area contributed by atoms with Gasteiger partial charge in [-0.25, -0.2) is 4.39 Å². The van der Waals surface area contributed by atoms with Gasteiger partial charge in [0.1, 0.15) is 0 Å². The number of allylic oxidation sites excluding steroid dienone is 2. The van der Waals surface area contributed by atoms with Gasteiger partial charge in [0.05, 0.1) is 5.83 Å². The van der Waals surface area contributed by atoms with Gasteiger partial charge in [-0.1, -0.05) is 26.8 Å². The average Bonchev–Trinajstić information content (AvgIpc) is 1.67. The summed E-state index contributed by atoms with van der Waals surface area (Å²) in [6, 6.07) is 0. The maximum Gasteiger partial charge on any atom is 0.0985 e. The molecule has 0 aliphatic heterocycles. The first-order valence-electron chi connectivity index (χ1n) is 3.04. The maximum atomic E-state index is 12.4. The number of halogens is 1. The van der Waals surface area contributed by atoms with E-state index < -0.39 is 0 Å². The Bertz CT molecular complexity index is 82.4. The van der Waals surface area contributed by atoms with Gasteiger partial charge in [-0.05, 0) is 6.42 Å². The molecular weight excluding hydrogens is 103 g/mol. The highest BCUT2D eigenvalue weighted by Gasteiger charge is 1.97. The smallest absolute Gasteiger partial charge is 0.0985 e. The molecule has 0 aromatic carbocycles. The van der Waals surface area contributed by atoms with Crippen LogP contribution < -0.4 is 0 Å². The highest BCUT2D eigenvalue weighted by molar-refractivity contribution is 4.93. The molecule has 1 heteroatoms. The molecule has 0 atom stereocenters. The number of hydrogen-bond acceptors (Lipinski definition) is 0. The Hall–Kier alpha value is -0.330. The first-order chi connectivity index (χ1) is 3.68. The minimum Gasteiger partial charge on any atom is -0.212 e. The Morgan fingerprint density at radius 3 is 2.25 bits per heavy atom. The van der Waals surface area contributed by atoms with E-state index in [-0.39, 0.29) is 11.7 Å². The average molecular weight is 116 g/mol. The summed E-state index contributed by atoms with van der Waals surface area (Å²) in [7, 11) is 0. The van der Waals surface area contributed by atoms with Crippen molar-refractivity contribution in [2.45, 2.75) is 27.2 Å². The lowest BCUT2D eigenvalue weighted by atomic mass is 10.2. The topological polar surface area (TPSA) is 0 Å². The van der Waals surface area contributed by atoms with Crippen LogP contribution in [0.15, 0.2) is 11.9 Å². The number of rotatable bonds is 2. The molecule has 0 aromatic rings. The molecule has 0 bridgehead atoms. The van der Waals surface area contributed by atoms with Gasteiger partial charge >= 0.3 is 0 Å². The van der Waals surface area contributed by atoms with Crippen LogP contribution in [0.5, 0.6) is 0 Å². The summed E-state index contributed by atoms with van der Waals surface area (Å²) in [5, 5.41) is 0. The Labute approximate surface area is 50.4 Å². The standard InChI is InChI=1S/C7H13F/c1-4-5-7(8)6(2)3/h5-6H,4H2,1-3H3/b7-5+. The van der Waals surface area contributed by atoms with Crippen molar-refractivity contribution in [3.8, 4) is 0 Å². The zero-order chi connectivity index (χ0) is 6.57. The molecule has 0 spiro atoms. The minimum absolute atomic E-state index is 0.00694. The third-order valence-electron chi connectivity index (χ3n) is 0.951. The van der Waals surface area contributed by atoms with E-state index in [1.165, 1.54) is 0 Å². The van der Waals surface area contributed by atoms with E-state index in [9.17, 15) is 4.39 Å². The van der Waals surface area contributed by atoms with Crippen LogP contribution in [0, 0.1) is 5.92 Å². The molecule has 0 heterocycles. The van der Waals surface area contributed by atoms with Crippen molar-refractivity contribution >= 4 is 0 Å². The van der Waals surface area contributed by atoms with E-state index >= 15 is 0 Å². The molecule has 0 aliphatic rings. The molecule has 0 fully saturated rings. The zero-order valence-corrected chi connectivity index (χ0v) is 5.74. The Morgan fingerprint density at radius 1 is 1.62 bits per heavy atom. The summed E-state index contributed by atoms with van der Waals surface area (Å²) >= 11 is 0. The second-order valence-corrected chi connectivity index (χ2v) is 2.15. The van der Waals surface area contributed by atoms with Crippen LogP contribution in [0.4, 0.5) is 4.39 Å². The Balaban J connectivity index is 3.61. The fourth-order valence-corrected chi connectivity index (χ4v) is 0.431. The fraction of sp³-hybridized carbons (Fsp3) is 0.714. The first kappa shape index (κ1) is 7.67. The zero-order valence-electron chi connectivity index (χ0n) is 5.74. The highest BCUT2D eigenvalue weighted by Crippen LogP contribution is 2.10. The van der Waals surface area contributed by atoms with E-state index in [1.807, 2.05) is 20.8 Å². The molecule has 0 saturated carbocycles. The number of hydrogen-bond donors (Lipinski definition) is 0. The molecule has 0 unspecified atom stereocenters. The summed E-state index contributed by atoms with van der Waals surface area (Å²) < 4.78 is 12.4. The van der Waals surface area contributed by atoms with Gasteiger partial charge in [-0.15, -0.1) is 0 Å². The highest BCUT2D eigenvalue weighted by atomic mass is 19.1. The SMILES string of the molecule is CC/C=C(/F)C(C)C. The lowest BCUT2D eigenvalue weighted by molar-refractivity contribution is 0.516. The van der Waals surface area contributed by atoms with Gasteiger partial charge in [-0.3, -0.25) is 0 Å². The normalized spacial score (nSPS) is 12.9.